The summed E-state index contributed by atoms with van der Waals surface area (Å²) in [6, 6.07) is 0. The van der Waals surface area contributed by atoms with Gasteiger partial charge < -0.3 is 4.74 Å². The zero-order valence-electron chi connectivity index (χ0n) is 25.9. The Labute approximate surface area is 236 Å². The Hall–Kier alpha value is -0.790. The highest BCUT2D eigenvalue weighted by Gasteiger charge is 2.63. The van der Waals surface area contributed by atoms with Crippen molar-refractivity contribution in [3.05, 3.63) is 12.2 Å². The molecule has 0 aliphatic heterocycles. The Balaban J connectivity index is 1.11. The highest BCUT2D eigenvalue weighted by atomic mass is 16.5. The summed E-state index contributed by atoms with van der Waals surface area (Å²) in [6.07, 6.45) is 34.0. The lowest BCUT2D eigenvalue weighted by atomic mass is 9.40. The van der Waals surface area contributed by atoms with Gasteiger partial charge in [0.25, 0.3) is 0 Å². The molecule has 0 amide bonds. The maximum Gasteiger partial charge on any atom is 0.305 e. The van der Waals surface area contributed by atoms with Crippen molar-refractivity contribution in [2.24, 2.45) is 33.5 Å². The van der Waals surface area contributed by atoms with Gasteiger partial charge >= 0.3 is 5.97 Å². The molecule has 0 heterocycles. The number of hydrogen-bond donors (Lipinski definition) is 0. The Morgan fingerprint density at radius 3 is 2.00 bits per heavy atom. The first-order valence-electron chi connectivity index (χ1n) is 17.1. The van der Waals surface area contributed by atoms with E-state index in [0.717, 1.165) is 12.3 Å². The highest BCUT2D eigenvalue weighted by molar-refractivity contribution is 5.69. The number of rotatable bonds is 16. The van der Waals surface area contributed by atoms with Crippen LogP contribution in [0.5, 0.6) is 0 Å². The van der Waals surface area contributed by atoms with Crippen molar-refractivity contribution in [3.63, 3.8) is 0 Å². The van der Waals surface area contributed by atoms with E-state index in [2.05, 4.69) is 39.8 Å². The molecule has 2 nitrogen and oxygen atoms in total. The van der Waals surface area contributed by atoms with Crippen LogP contribution in [0.3, 0.4) is 0 Å². The van der Waals surface area contributed by atoms with E-state index in [1.165, 1.54) is 128 Å². The van der Waals surface area contributed by atoms with Crippen LogP contribution in [0.2, 0.25) is 0 Å². The number of hydrogen-bond acceptors (Lipinski definition) is 2. The fourth-order valence-electron chi connectivity index (χ4n) is 10.0. The smallest absolute Gasteiger partial charge is 0.305 e. The number of carbonyl (C=O) groups is 1. The van der Waals surface area contributed by atoms with Crippen molar-refractivity contribution in [3.8, 4) is 0 Å². The standard InChI is InChI=1S/C36H62O2/c1-5-6-7-8-9-10-11-12-13-14-15-16-17-19-32(37)38-29-34(3)22-18-23-35(4)30(34)21-25-36-27-26-33(2,28-36)24-20-31(35)36/h26-27,30-31H,5-25,28-29H2,1-4H3/t30-,31+,33-,34-,35-,36+/m1/s1. The zero-order chi connectivity index (χ0) is 27.1. The summed E-state index contributed by atoms with van der Waals surface area (Å²) in [6.45, 7) is 10.5. The van der Waals surface area contributed by atoms with Crippen LogP contribution >= 0.6 is 0 Å². The van der Waals surface area contributed by atoms with Crippen LogP contribution in [0.4, 0.5) is 0 Å². The molecule has 1 spiro atoms. The molecular weight excluding hydrogens is 464 g/mol. The van der Waals surface area contributed by atoms with Gasteiger partial charge in [0.2, 0.25) is 0 Å². The van der Waals surface area contributed by atoms with Crippen LogP contribution < -0.4 is 0 Å². The number of esters is 1. The van der Waals surface area contributed by atoms with E-state index in [-0.39, 0.29) is 11.4 Å². The van der Waals surface area contributed by atoms with Gasteiger partial charge in [0.1, 0.15) is 0 Å². The van der Waals surface area contributed by atoms with E-state index < -0.39 is 0 Å². The van der Waals surface area contributed by atoms with Crippen molar-refractivity contribution >= 4 is 5.97 Å². The van der Waals surface area contributed by atoms with E-state index in [0.29, 0.717) is 35.2 Å². The Morgan fingerprint density at radius 1 is 0.737 bits per heavy atom. The minimum Gasteiger partial charge on any atom is -0.465 e. The van der Waals surface area contributed by atoms with Crippen molar-refractivity contribution < 1.29 is 9.53 Å². The van der Waals surface area contributed by atoms with Gasteiger partial charge in [-0.15, -0.1) is 0 Å². The topological polar surface area (TPSA) is 26.3 Å². The highest BCUT2D eigenvalue weighted by Crippen LogP contribution is 2.71. The predicted molar refractivity (Wildman–Crippen MR) is 161 cm³/mol. The maximum atomic E-state index is 12.7. The Bertz CT molecular complexity index is 786. The second-order valence-corrected chi connectivity index (χ2v) is 15.2. The lowest BCUT2D eigenvalue weighted by Gasteiger charge is -2.64. The van der Waals surface area contributed by atoms with Crippen LogP contribution in [0.15, 0.2) is 12.2 Å². The first-order chi connectivity index (χ1) is 18.3. The Morgan fingerprint density at radius 2 is 1.34 bits per heavy atom. The van der Waals surface area contributed by atoms with Gasteiger partial charge in [-0.25, -0.2) is 0 Å². The summed E-state index contributed by atoms with van der Waals surface area (Å²) in [4.78, 5) is 12.7. The lowest BCUT2D eigenvalue weighted by Crippen LogP contribution is -2.58. The van der Waals surface area contributed by atoms with Crippen molar-refractivity contribution in [2.45, 2.75) is 169 Å². The monoisotopic (exact) mass is 526 g/mol. The largest absolute Gasteiger partial charge is 0.465 e. The predicted octanol–water partition coefficient (Wildman–Crippen LogP) is 11.0. The van der Waals surface area contributed by atoms with Crippen LogP contribution in [-0.2, 0) is 9.53 Å². The minimum atomic E-state index is 0.0565. The average Bonchev–Trinajstić information content (AvgIpc) is 3.13. The van der Waals surface area contributed by atoms with Gasteiger partial charge in [-0.2, -0.15) is 0 Å². The van der Waals surface area contributed by atoms with Gasteiger partial charge in [-0.05, 0) is 79.4 Å². The molecule has 2 heteroatoms. The summed E-state index contributed by atoms with van der Waals surface area (Å²) in [7, 11) is 0. The molecular formula is C36H62O2. The molecule has 2 bridgehead atoms. The zero-order valence-corrected chi connectivity index (χ0v) is 25.9. The quantitative estimate of drug-likeness (QED) is 0.113. The molecule has 3 saturated carbocycles. The van der Waals surface area contributed by atoms with Crippen molar-refractivity contribution in [1.82, 2.24) is 0 Å². The van der Waals surface area contributed by atoms with E-state index in [9.17, 15) is 4.79 Å². The van der Waals surface area contributed by atoms with E-state index in [1.54, 1.807) is 0 Å². The maximum absolute atomic E-state index is 12.7. The number of unbranched alkanes of at least 4 members (excludes halogenated alkanes) is 12. The molecule has 4 aliphatic rings. The molecule has 218 valence electrons. The summed E-state index contributed by atoms with van der Waals surface area (Å²) >= 11 is 0. The molecule has 3 fully saturated rings. The first-order valence-corrected chi connectivity index (χ1v) is 17.1. The molecule has 4 aliphatic carbocycles. The van der Waals surface area contributed by atoms with E-state index in [1.807, 2.05) is 0 Å². The molecule has 0 aromatic heterocycles. The molecule has 0 unspecified atom stereocenters. The average molecular weight is 527 g/mol. The van der Waals surface area contributed by atoms with Crippen molar-refractivity contribution in [2.75, 3.05) is 6.61 Å². The third-order valence-corrected chi connectivity index (χ3v) is 12.1. The molecule has 4 rings (SSSR count). The van der Waals surface area contributed by atoms with Gasteiger partial charge in [0, 0.05) is 11.8 Å². The fourth-order valence-corrected chi connectivity index (χ4v) is 10.0. The molecule has 6 atom stereocenters. The molecule has 0 saturated heterocycles. The molecule has 0 aromatic rings. The van der Waals surface area contributed by atoms with Crippen LogP contribution in [0, 0.1) is 33.5 Å². The molecule has 0 N–H and O–H groups in total. The summed E-state index contributed by atoms with van der Waals surface area (Å²) in [5.74, 6) is 1.57. The van der Waals surface area contributed by atoms with Crippen LogP contribution in [0.1, 0.15) is 169 Å². The summed E-state index contributed by atoms with van der Waals surface area (Å²) in [5, 5.41) is 0. The van der Waals surface area contributed by atoms with Crippen LogP contribution in [0.25, 0.3) is 0 Å². The Kier molecular flexibility index (Phi) is 10.5. The van der Waals surface area contributed by atoms with Gasteiger partial charge in [0.15, 0.2) is 0 Å². The summed E-state index contributed by atoms with van der Waals surface area (Å²) < 4.78 is 6.04. The normalized spacial score (nSPS) is 37.6. The number of ether oxygens (including phenoxy) is 1. The lowest BCUT2D eigenvalue weighted by molar-refractivity contribution is -0.171. The third kappa shape index (κ3) is 6.91. The second-order valence-electron chi connectivity index (χ2n) is 15.2. The number of allylic oxidation sites excluding steroid dienone is 2. The minimum absolute atomic E-state index is 0.0565. The van der Waals surface area contributed by atoms with Gasteiger partial charge in [-0.3, -0.25) is 4.79 Å². The number of carbonyl (C=O) groups excluding carboxylic acids is 1. The van der Waals surface area contributed by atoms with Gasteiger partial charge in [0.05, 0.1) is 6.61 Å². The molecule has 0 aromatic carbocycles. The fraction of sp³-hybridized carbons (Fsp3) is 0.917. The van der Waals surface area contributed by atoms with Gasteiger partial charge in [-0.1, -0.05) is 123 Å². The first kappa shape index (κ1) is 30.2. The third-order valence-electron chi connectivity index (χ3n) is 12.1. The van der Waals surface area contributed by atoms with Crippen molar-refractivity contribution in [1.29, 1.82) is 0 Å². The number of fused-ring (bicyclic) bond motifs is 3. The van der Waals surface area contributed by atoms with E-state index in [4.69, 9.17) is 4.74 Å². The molecule has 38 heavy (non-hydrogen) atoms. The molecule has 0 radical (unpaired) electrons. The summed E-state index contributed by atoms with van der Waals surface area (Å²) in [5.41, 5.74) is 1.48. The van der Waals surface area contributed by atoms with E-state index >= 15 is 0 Å². The SMILES string of the molecule is CCCCCCCCCCCCCCCC(=O)OC[C@@]1(C)CCC[C@]2(C)[C@@H]1CC[C@@]13C=C[C@@](C)(CC[C@H]12)C3. The second kappa shape index (κ2) is 13.2. The van der Waals surface area contributed by atoms with Crippen LogP contribution in [-0.4, -0.2) is 12.6 Å².